The molecule has 2 aliphatic heterocycles. The summed E-state index contributed by atoms with van der Waals surface area (Å²) in [4.78, 5) is 38.3. The largest absolute Gasteiger partial charge is 0.370 e. The van der Waals surface area contributed by atoms with Gasteiger partial charge in [0.15, 0.2) is 0 Å². The van der Waals surface area contributed by atoms with Crippen molar-refractivity contribution in [3.8, 4) is 0 Å². The number of amides is 2. The van der Waals surface area contributed by atoms with E-state index in [4.69, 9.17) is 11.6 Å². The van der Waals surface area contributed by atoms with Crippen LogP contribution >= 0.6 is 11.6 Å². The van der Waals surface area contributed by atoms with E-state index in [0.717, 1.165) is 75.8 Å². The second kappa shape index (κ2) is 10.8. The number of pyridine rings is 1. The Bertz CT molecular complexity index is 1440. The molecule has 1 atom stereocenters. The van der Waals surface area contributed by atoms with Gasteiger partial charge in [-0.2, -0.15) is 0 Å². The number of aromatic nitrogens is 1. The molecular weight excluding hydrogens is 532 g/mol. The smallest absolute Gasteiger partial charge is 0.256 e. The van der Waals surface area contributed by atoms with Crippen molar-refractivity contribution in [1.82, 2.24) is 14.8 Å². The van der Waals surface area contributed by atoms with Crippen LogP contribution in [0.5, 0.6) is 0 Å². The predicted octanol–water partition coefficient (Wildman–Crippen LogP) is 6.55. The first kappa shape index (κ1) is 26.5. The molecule has 1 unspecified atom stereocenters. The summed E-state index contributed by atoms with van der Waals surface area (Å²) in [5.41, 5.74) is 5.25. The first-order valence-corrected chi connectivity index (χ1v) is 15.5. The lowest BCUT2D eigenvalue weighted by Crippen LogP contribution is -2.48. The minimum absolute atomic E-state index is 0.00332. The highest BCUT2D eigenvalue weighted by Crippen LogP contribution is 2.45. The highest BCUT2D eigenvalue weighted by molar-refractivity contribution is 6.33. The van der Waals surface area contributed by atoms with E-state index in [2.05, 4.69) is 37.9 Å². The van der Waals surface area contributed by atoms with Crippen molar-refractivity contribution in [2.45, 2.75) is 63.5 Å². The number of fused-ring (bicyclic) bond motifs is 1. The highest BCUT2D eigenvalue weighted by atomic mass is 35.5. The topological polar surface area (TPSA) is 56.8 Å². The average molecular weight is 569 g/mol. The van der Waals surface area contributed by atoms with Crippen LogP contribution in [-0.2, 0) is 6.42 Å². The number of piperidine rings is 2. The Labute approximate surface area is 247 Å². The first-order valence-electron chi connectivity index (χ1n) is 15.2. The Hall–Kier alpha value is -3.38. The van der Waals surface area contributed by atoms with Gasteiger partial charge in [0, 0.05) is 44.0 Å². The van der Waals surface area contributed by atoms with Gasteiger partial charge in [0.05, 0.1) is 28.5 Å². The Morgan fingerprint density at radius 1 is 0.902 bits per heavy atom. The molecule has 2 saturated heterocycles. The van der Waals surface area contributed by atoms with Crippen LogP contribution in [0.2, 0.25) is 5.02 Å². The SMILES string of the molecule is O=C(c1ccc2c(c1)C(N(C(=O)c1ccccc1Cl)C1CC1)CC2)N1CCC2(CC1)CCN(c1cccnc1)CC2. The molecule has 7 rings (SSSR count). The van der Waals surface area contributed by atoms with E-state index in [0.29, 0.717) is 16.0 Å². The van der Waals surface area contributed by atoms with Crippen molar-refractivity contribution < 1.29 is 9.59 Å². The molecule has 1 saturated carbocycles. The summed E-state index contributed by atoms with van der Waals surface area (Å²) in [6.07, 6.45) is 12.1. The summed E-state index contributed by atoms with van der Waals surface area (Å²) < 4.78 is 0. The maximum absolute atomic E-state index is 13.7. The second-order valence-corrected chi connectivity index (χ2v) is 12.8. The fourth-order valence-corrected chi connectivity index (χ4v) is 7.55. The zero-order valence-corrected chi connectivity index (χ0v) is 24.2. The number of likely N-dealkylation sites (tertiary alicyclic amines) is 1. The Morgan fingerprint density at radius 2 is 1.66 bits per heavy atom. The van der Waals surface area contributed by atoms with E-state index in [1.807, 2.05) is 42.7 Å². The Kier molecular flexibility index (Phi) is 6.98. The molecule has 3 heterocycles. The molecule has 2 aliphatic carbocycles. The molecule has 2 aromatic carbocycles. The fraction of sp³-hybridized carbons (Fsp3) is 0.441. The lowest BCUT2D eigenvalue weighted by Gasteiger charge is -2.47. The van der Waals surface area contributed by atoms with Gasteiger partial charge in [0.25, 0.3) is 11.8 Å². The van der Waals surface area contributed by atoms with Crippen LogP contribution < -0.4 is 4.90 Å². The van der Waals surface area contributed by atoms with E-state index in [1.54, 1.807) is 6.07 Å². The fourth-order valence-electron chi connectivity index (χ4n) is 7.34. The summed E-state index contributed by atoms with van der Waals surface area (Å²) in [5, 5.41) is 0.496. The maximum atomic E-state index is 13.7. The lowest BCUT2D eigenvalue weighted by molar-refractivity contribution is 0.0515. The standard InChI is InChI=1S/C34H37ClN4O2/c35-30-6-2-1-5-28(30)33(41)39(26-10-11-26)31-12-9-24-7-8-25(22-29(24)31)32(40)38-20-15-34(16-21-38)13-18-37(19-14-34)27-4-3-17-36-23-27/h1-8,17,22-23,26,31H,9-16,18-21H2. The van der Waals surface area contributed by atoms with Gasteiger partial charge in [-0.1, -0.05) is 29.8 Å². The summed E-state index contributed by atoms with van der Waals surface area (Å²) in [5.74, 6) is 0.125. The van der Waals surface area contributed by atoms with Gasteiger partial charge < -0.3 is 14.7 Å². The van der Waals surface area contributed by atoms with Crippen LogP contribution in [0, 0.1) is 5.41 Å². The van der Waals surface area contributed by atoms with Crippen LogP contribution in [0.25, 0.3) is 0 Å². The molecule has 4 aliphatic rings. The molecule has 1 spiro atoms. The van der Waals surface area contributed by atoms with Gasteiger partial charge in [-0.25, -0.2) is 0 Å². The minimum atomic E-state index is -0.0105. The molecule has 212 valence electrons. The molecule has 41 heavy (non-hydrogen) atoms. The third kappa shape index (κ3) is 5.12. The molecule has 0 radical (unpaired) electrons. The number of carbonyl (C=O) groups is 2. The third-order valence-electron chi connectivity index (χ3n) is 10.0. The minimum Gasteiger partial charge on any atom is -0.370 e. The van der Waals surface area contributed by atoms with Crippen LogP contribution in [0.1, 0.15) is 82.8 Å². The van der Waals surface area contributed by atoms with Crippen molar-refractivity contribution >= 4 is 29.1 Å². The van der Waals surface area contributed by atoms with E-state index >= 15 is 0 Å². The Balaban J connectivity index is 1.03. The van der Waals surface area contributed by atoms with Crippen LogP contribution in [0.3, 0.4) is 0 Å². The number of hydrogen-bond donors (Lipinski definition) is 0. The molecular formula is C34H37ClN4O2. The monoisotopic (exact) mass is 568 g/mol. The van der Waals surface area contributed by atoms with Crippen molar-refractivity contribution in [2.75, 3.05) is 31.1 Å². The molecule has 0 bridgehead atoms. The lowest BCUT2D eigenvalue weighted by atomic mass is 9.71. The van der Waals surface area contributed by atoms with Crippen molar-refractivity contribution in [3.05, 3.63) is 94.3 Å². The molecule has 3 aromatic rings. The molecule has 6 nitrogen and oxygen atoms in total. The zero-order valence-electron chi connectivity index (χ0n) is 23.5. The first-order chi connectivity index (χ1) is 20.0. The average Bonchev–Trinajstić information content (AvgIpc) is 3.77. The van der Waals surface area contributed by atoms with Crippen molar-refractivity contribution in [1.29, 1.82) is 0 Å². The predicted molar refractivity (Wildman–Crippen MR) is 161 cm³/mol. The number of rotatable bonds is 5. The Morgan fingerprint density at radius 3 is 2.37 bits per heavy atom. The third-order valence-corrected chi connectivity index (χ3v) is 10.3. The second-order valence-electron chi connectivity index (χ2n) is 12.4. The molecule has 0 N–H and O–H groups in total. The molecule has 1 aromatic heterocycles. The van der Waals surface area contributed by atoms with Gasteiger partial charge in [0.1, 0.15) is 0 Å². The quantitative estimate of drug-likeness (QED) is 0.350. The summed E-state index contributed by atoms with van der Waals surface area (Å²) in [7, 11) is 0. The number of benzene rings is 2. The van der Waals surface area contributed by atoms with E-state index in [9.17, 15) is 9.59 Å². The number of nitrogens with zero attached hydrogens (tertiary/aromatic N) is 4. The maximum Gasteiger partial charge on any atom is 0.256 e. The number of hydrogen-bond acceptors (Lipinski definition) is 4. The number of aryl methyl sites for hydroxylation is 1. The van der Waals surface area contributed by atoms with Crippen molar-refractivity contribution in [3.63, 3.8) is 0 Å². The van der Waals surface area contributed by atoms with E-state index in [1.165, 1.54) is 24.1 Å². The molecule has 2 amide bonds. The van der Waals surface area contributed by atoms with E-state index < -0.39 is 0 Å². The molecule has 7 heteroatoms. The van der Waals surface area contributed by atoms with E-state index in [-0.39, 0.29) is 23.9 Å². The van der Waals surface area contributed by atoms with Gasteiger partial charge in [-0.15, -0.1) is 0 Å². The van der Waals surface area contributed by atoms with Gasteiger partial charge in [-0.05, 0) is 104 Å². The summed E-state index contributed by atoms with van der Waals surface area (Å²) in [6.45, 7) is 3.73. The van der Waals surface area contributed by atoms with Gasteiger partial charge in [-0.3, -0.25) is 14.6 Å². The number of halogens is 1. The van der Waals surface area contributed by atoms with Gasteiger partial charge >= 0.3 is 0 Å². The zero-order chi connectivity index (χ0) is 28.0. The number of anilines is 1. The number of carbonyl (C=O) groups excluding carboxylic acids is 2. The van der Waals surface area contributed by atoms with Crippen LogP contribution in [0.15, 0.2) is 67.0 Å². The summed E-state index contributed by atoms with van der Waals surface area (Å²) in [6, 6.07) is 17.9. The van der Waals surface area contributed by atoms with Gasteiger partial charge in [0.2, 0.25) is 0 Å². The van der Waals surface area contributed by atoms with Crippen LogP contribution in [-0.4, -0.2) is 58.8 Å². The highest BCUT2D eigenvalue weighted by Gasteiger charge is 2.42. The van der Waals surface area contributed by atoms with Crippen LogP contribution in [0.4, 0.5) is 5.69 Å². The van der Waals surface area contributed by atoms with Crippen molar-refractivity contribution in [2.24, 2.45) is 5.41 Å². The summed E-state index contributed by atoms with van der Waals surface area (Å²) >= 11 is 6.43. The molecule has 3 fully saturated rings. The normalized spacial score (nSPS) is 21.5.